The van der Waals surface area contributed by atoms with E-state index in [1.165, 1.54) is 42.5 Å². The van der Waals surface area contributed by atoms with Crippen molar-refractivity contribution in [2.75, 3.05) is 14.2 Å². The lowest BCUT2D eigenvalue weighted by Crippen LogP contribution is -2.12. The van der Waals surface area contributed by atoms with E-state index >= 15 is 0 Å². The number of hydrogen-bond donors (Lipinski definition) is 1. The molecule has 0 aliphatic carbocycles. The minimum atomic E-state index is -4.58. The molecule has 2 aromatic carbocycles. The summed E-state index contributed by atoms with van der Waals surface area (Å²) >= 11 is 0. The van der Waals surface area contributed by atoms with Crippen LogP contribution in [-0.2, 0) is 19.6 Å². The third kappa shape index (κ3) is 3.29. The second-order valence-electron chi connectivity index (χ2n) is 4.68. The van der Waals surface area contributed by atoms with Crippen LogP contribution in [0.3, 0.4) is 0 Å². The summed E-state index contributed by atoms with van der Waals surface area (Å²) < 4.78 is 42.1. The van der Waals surface area contributed by atoms with E-state index in [9.17, 15) is 22.6 Å². The molecule has 0 unspecified atom stereocenters. The van der Waals surface area contributed by atoms with Gasteiger partial charge in [0.1, 0.15) is 4.90 Å². The van der Waals surface area contributed by atoms with Gasteiger partial charge in [-0.25, -0.2) is 9.59 Å². The Morgan fingerprint density at radius 3 is 1.83 bits per heavy atom. The second-order valence-corrected chi connectivity index (χ2v) is 6.07. The van der Waals surface area contributed by atoms with Gasteiger partial charge in [-0.2, -0.15) is 8.42 Å². The highest BCUT2D eigenvalue weighted by atomic mass is 32.2. The third-order valence-electron chi connectivity index (χ3n) is 3.31. The summed E-state index contributed by atoms with van der Waals surface area (Å²) in [5.41, 5.74) is -0.0705. The maximum atomic E-state index is 12.0. The minimum Gasteiger partial charge on any atom is -0.465 e. The Bertz CT molecular complexity index is 866. The van der Waals surface area contributed by atoms with Crippen LogP contribution in [0, 0.1) is 0 Å². The van der Waals surface area contributed by atoms with Crippen LogP contribution in [0.5, 0.6) is 0 Å². The van der Waals surface area contributed by atoms with E-state index < -0.39 is 27.0 Å². The molecule has 7 nitrogen and oxygen atoms in total. The summed E-state index contributed by atoms with van der Waals surface area (Å²) in [7, 11) is -2.27. The van der Waals surface area contributed by atoms with E-state index in [0.29, 0.717) is 0 Å². The number of carbonyl (C=O) groups is 2. The zero-order chi connectivity index (χ0) is 17.9. The van der Waals surface area contributed by atoms with Crippen LogP contribution < -0.4 is 0 Å². The molecule has 8 heteroatoms. The first-order chi connectivity index (χ1) is 11.3. The predicted octanol–water partition coefficient (Wildman–Crippen LogP) is 2.17. The van der Waals surface area contributed by atoms with E-state index in [1.54, 1.807) is 0 Å². The summed E-state index contributed by atoms with van der Waals surface area (Å²) in [6, 6.07) is 9.67. The molecule has 0 radical (unpaired) electrons. The molecule has 126 valence electrons. The standard InChI is InChI=1S/C16H14O7S/c1-22-15(17)11-7-5-8-12(16(18)23-2)14(11)10-6-3-4-9-13(10)24(19,20)21/h3-9H,1-2H3,(H,19,20,21). The van der Waals surface area contributed by atoms with E-state index in [4.69, 9.17) is 0 Å². The molecule has 2 rings (SSSR count). The third-order valence-corrected chi connectivity index (χ3v) is 4.22. The molecule has 0 bridgehead atoms. The molecule has 0 aliphatic rings. The van der Waals surface area contributed by atoms with Crippen LogP contribution in [0.25, 0.3) is 11.1 Å². The maximum absolute atomic E-state index is 12.0. The van der Waals surface area contributed by atoms with Gasteiger partial charge in [-0.15, -0.1) is 0 Å². The van der Waals surface area contributed by atoms with E-state index in [0.717, 1.165) is 14.2 Å². The molecule has 0 heterocycles. The Kier molecular flexibility index (Phi) is 5.01. The smallest absolute Gasteiger partial charge is 0.338 e. The first-order valence-electron chi connectivity index (χ1n) is 6.67. The molecule has 1 N–H and O–H groups in total. The number of ether oxygens (including phenoxy) is 2. The monoisotopic (exact) mass is 350 g/mol. The van der Waals surface area contributed by atoms with Gasteiger partial charge < -0.3 is 9.47 Å². The van der Waals surface area contributed by atoms with Crippen molar-refractivity contribution >= 4 is 22.1 Å². The molecule has 0 saturated heterocycles. The first-order valence-corrected chi connectivity index (χ1v) is 8.11. The van der Waals surface area contributed by atoms with E-state index in [-0.39, 0.29) is 22.3 Å². The minimum absolute atomic E-state index is 0.00410. The molecule has 0 atom stereocenters. The Morgan fingerprint density at radius 2 is 1.38 bits per heavy atom. The Labute approximate surface area is 138 Å². The van der Waals surface area contributed by atoms with Crippen molar-refractivity contribution in [1.82, 2.24) is 0 Å². The first kappa shape index (κ1) is 17.6. The lowest BCUT2D eigenvalue weighted by molar-refractivity contribution is 0.0601. The zero-order valence-corrected chi connectivity index (χ0v) is 13.7. The van der Waals surface area contributed by atoms with Crippen molar-refractivity contribution < 1.29 is 32.0 Å². The number of esters is 2. The van der Waals surface area contributed by atoms with Gasteiger partial charge in [0.15, 0.2) is 0 Å². The van der Waals surface area contributed by atoms with Gasteiger partial charge >= 0.3 is 11.9 Å². The number of hydrogen-bond acceptors (Lipinski definition) is 6. The molecular formula is C16H14O7S. The van der Waals surface area contributed by atoms with Crippen molar-refractivity contribution in [3.63, 3.8) is 0 Å². The van der Waals surface area contributed by atoms with Gasteiger partial charge in [0.05, 0.1) is 25.3 Å². The van der Waals surface area contributed by atoms with Crippen molar-refractivity contribution in [2.24, 2.45) is 0 Å². The van der Waals surface area contributed by atoms with Gasteiger partial charge in [-0.1, -0.05) is 24.3 Å². The van der Waals surface area contributed by atoms with Gasteiger partial charge in [-0.3, -0.25) is 4.55 Å². The summed E-state index contributed by atoms with van der Waals surface area (Å²) in [5.74, 6) is -1.53. The maximum Gasteiger partial charge on any atom is 0.338 e. The van der Waals surface area contributed by atoms with Crippen LogP contribution in [0.1, 0.15) is 20.7 Å². The van der Waals surface area contributed by atoms with Crippen LogP contribution in [0.4, 0.5) is 0 Å². The van der Waals surface area contributed by atoms with Gasteiger partial charge in [0.25, 0.3) is 10.1 Å². The number of rotatable bonds is 4. The lowest BCUT2D eigenvalue weighted by Gasteiger charge is -2.15. The highest BCUT2D eigenvalue weighted by molar-refractivity contribution is 7.86. The van der Waals surface area contributed by atoms with Crippen molar-refractivity contribution in [2.45, 2.75) is 4.90 Å². The summed E-state index contributed by atoms with van der Waals surface area (Å²) in [6.07, 6.45) is 0. The van der Waals surface area contributed by atoms with E-state index in [1.807, 2.05) is 0 Å². The summed E-state index contributed by atoms with van der Waals surface area (Å²) in [4.78, 5) is 23.7. The van der Waals surface area contributed by atoms with Crippen LogP contribution in [-0.4, -0.2) is 39.1 Å². The molecule has 0 aromatic heterocycles. The molecule has 0 saturated carbocycles. The molecule has 0 fully saturated rings. The summed E-state index contributed by atoms with van der Waals surface area (Å²) in [6.45, 7) is 0. The van der Waals surface area contributed by atoms with Crippen LogP contribution in [0.15, 0.2) is 47.4 Å². The average molecular weight is 350 g/mol. The summed E-state index contributed by atoms with van der Waals surface area (Å²) in [5, 5.41) is 0. The predicted molar refractivity (Wildman–Crippen MR) is 84.4 cm³/mol. The Morgan fingerprint density at radius 1 is 0.875 bits per heavy atom. The molecule has 24 heavy (non-hydrogen) atoms. The highest BCUT2D eigenvalue weighted by Crippen LogP contribution is 2.33. The molecule has 0 spiro atoms. The quantitative estimate of drug-likeness (QED) is 0.665. The Balaban J connectivity index is 2.92. The number of methoxy groups -OCH3 is 2. The number of benzene rings is 2. The molecular weight excluding hydrogens is 336 g/mol. The van der Waals surface area contributed by atoms with Gasteiger partial charge in [0.2, 0.25) is 0 Å². The van der Waals surface area contributed by atoms with Crippen LogP contribution >= 0.6 is 0 Å². The normalized spacial score (nSPS) is 11.0. The number of carbonyl (C=O) groups excluding carboxylic acids is 2. The fourth-order valence-corrected chi connectivity index (χ4v) is 3.00. The SMILES string of the molecule is COC(=O)c1cccc(C(=O)OC)c1-c1ccccc1S(=O)(=O)O. The topological polar surface area (TPSA) is 107 Å². The van der Waals surface area contributed by atoms with Crippen LogP contribution in [0.2, 0.25) is 0 Å². The van der Waals surface area contributed by atoms with Crippen molar-refractivity contribution in [3.8, 4) is 11.1 Å². The van der Waals surface area contributed by atoms with Crippen molar-refractivity contribution in [1.29, 1.82) is 0 Å². The highest BCUT2D eigenvalue weighted by Gasteiger charge is 2.26. The zero-order valence-electron chi connectivity index (χ0n) is 12.8. The van der Waals surface area contributed by atoms with Gasteiger partial charge in [0, 0.05) is 11.1 Å². The van der Waals surface area contributed by atoms with Crippen molar-refractivity contribution in [3.05, 3.63) is 53.6 Å². The fraction of sp³-hybridized carbons (Fsp3) is 0.125. The second kappa shape index (κ2) is 6.81. The van der Waals surface area contributed by atoms with Gasteiger partial charge in [-0.05, 0) is 18.2 Å². The fourth-order valence-electron chi connectivity index (χ4n) is 2.30. The molecule has 0 amide bonds. The lowest BCUT2D eigenvalue weighted by atomic mass is 9.94. The molecule has 2 aromatic rings. The molecule has 0 aliphatic heterocycles. The Hall–Kier alpha value is -2.71. The van der Waals surface area contributed by atoms with E-state index in [2.05, 4.69) is 9.47 Å². The average Bonchev–Trinajstić information content (AvgIpc) is 2.58. The largest absolute Gasteiger partial charge is 0.465 e.